The normalized spacial score (nSPS) is 19.0. The largest absolute Gasteiger partial charge is 0.464 e. The van der Waals surface area contributed by atoms with Crippen molar-refractivity contribution in [2.75, 3.05) is 13.2 Å². The van der Waals surface area contributed by atoms with E-state index in [1.807, 2.05) is 0 Å². The Bertz CT molecular complexity index is 278. The van der Waals surface area contributed by atoms with Gasteiger partial charge in [0, 0.05) is 13.0 Å². The number of esters is 1. The topological polar surface area (TPSA) is 46.6 Å². The van der Waals surface area contributed by atoms with Crippen LogP contribution in [0.4, 0.5) is 0 Å². The molecule has 104 valence electrons. The van der Waals surface area contributed by atoms with E-state index in [9.17, 15) is 9.59 Å². The molecule has 0 saturated carbocycles. The number of carbonyl (C=O) groups is 2. The van der Waals surface area contributed by atoms with Crippen molar-refractivity contribution in [3.05, 3.63) is 0 Å². The van der Waals surface area contributed by atoms with Crippen molar-refractivity contribution in [3.63, 3.8) is 0 Å². The zero-order valence-electron chi connectivity index (χ0n) is 11.6. The maximum atomic E-state index is 12.0. The number of nitrogens with zero attached hydrogens (tertiary/aromatic N) is 1. The Morgan fingerprint density at radius 1 is 1.22 bits per heavy atom. The lowest BCUT2D eigenvalue weighted by molar-refractivity contribution is -0.153. The summed E-state index contributed by atoms with van der Waals surface area (Å²) in [6, 6.07) is -0.328. The fourth-order valence-electron chi connectivity index (χ4n) is 2.20. The highest BCUT2D eigenvalue weighted by Gasteiger charge is 2.34. The predicted molar refractivity (Wildman–Crippen MR) is 70.1 cm³/mol. The minimum absolute atomic E-state index is 0.104. The summed E-state index contributed by atoms with van der Waals surface area (Å²) in [6.45, 7) is 5.30. The maximum absolute atomic E-state index is 12.0. The predicted octanol–water partition coefficient (Wildman–Crippen LogP) is 2.51. The molecule has 1 saturated heterocycles. The number of rotatable bonds is 7. The van der Waals surface area contributed by atoms with Gasteiger partial charge in [-0.25, -0.2) is 4.79 Å². The molecular weight excluding hydrogens is 230 g/mol. The lowest BCUT2D eigenvalue weighted by Gasteiger charge is -2.23. The molecule has 1 rings (SSSR count). The van der Waals surface area contributed by atoms with Gasteiger partial charge < -0.3 is 9.64 Å². The van der Waals surface area contributed by atoms with Crippen molar-refractivity contribution in [2.45, 2.75) is 64.8 Å². The van der Waals surface area contributed by atoms with Crippen LogP contribution in [0.2, 0.25) is 0 Å². The molecule has 1 aliphatic heterocycles. The van der Waals surface area contributed by atoms with Gasteiger partial charge in [0.15, 0.2) is 0 Å². The zero-order chi connectivity index (χ0) is 13.4. The first-order valence-electron chi connectivity index (χ1n) is 7.16. The fourth-order valence-corrected chi connectivity index (χ4v) is 2.20. The van der Waals surface area contributed by atoms with Crippen LogP contribution in [0.3, 0.4) is 0 Å². The van der Waals surface area contributed by atoms with E-state index >= 15 is 0 Å². The van der Waals surface area contributed by atoms with Gasteiger partial charge in [-0.05, 0) is 25.7 Å². The summed E-state index contributed by atoms with van der Waals surface area (Å²) in [5.41, 5.74) is 0. The van der Waals surface area contributed by atoms with Crippen molar-refractivity contribution in [1.82, 2.24) is 4.90 Å². The quantitative estimate of drug-likeness (QED) is 0.518. The second kappa shape index (κ2) is 8.11. The van der Waals surface area contributed by atoms with Crippen LogP contribution in [-0.4, -0.2) is 36.0 Å². The van der Waals surface area contributed by atoms with Gasteiger partial charge in [0.05, 0.1) is 6.61 Å². The second-order valence-electron chi connectivity index (χ2n) is 4.87. The van der Waals surface area contributed by atoms with Crippen molar-refractivity contribution >= 4 is 11.9 Å². The second-order valence-corrected chi connectivity index (χ2v) is 4.87. The highest BCUT2D eigenvalue weighted by molar-refractivity contribution is 5.85. The van der Waals surface area contributed by atoms with Crippen LogP contribution in [0, 0.1) is 0 Å². The smallest absolute Gasteiger partial charge is 0.328 e. The lowest BCUT2D eigenvalue weighted by Crippen LogP contribution is -2.41. The molecule has 1 heterocycles. The van der Waals surface area contributed by atoms with Crippen molar-refractivity contribution < 1.29 is 14.3 Å². The van der Waals surface area contributed by atoms with E-state index in [4.69, 9.17) is 4.74 Å². The lowest BCUT2D eigenvalue weighted by atomic mass is 10.2. The van der Waals surface area contributed by atoms with Gasteiger partial charge in [-0.1, -0.05) is 26.7 Å². The first kappa shape index (κ1) is 15.0. The van der Waals surface area contributed by atoms with Gasteiger partial charge in [-0.2, -0.15) is 0 Å². The summed E-state index contributed by atoms with van der Waals surface area (Å²) >= 11 is 0. The number of ether oxygens (including phenoxy) is 1. The van der Waals surface area contributed by atoms with Crippen LogP contribution >= 0.6 is 0 Å². The molecule has 1 atom stereocenters. The zero-order valence-corrected chi connectivity index (χ0v) is 11.6. The molecule has 1 unspecified atom stereocenters. The van der Waals surface area contributed by atoms with Crippen LogP contribution in [0.5, 0.6) is 0 Å². The third-order valence-corrected chi connectivity index (χ3v) is 3.33. The number of amides is 1. The summed E-state index contributed by atoms with van der Waals surface area (Å²) in [6.07, 6.45) is 6.01. The molecule has 0 aliphatic carbocycles. The summed E-state index contributed by atoms with van der Waals surface area (Å²) in [5, 5.41) is 0. The highest BCUT2D eigenvalue weighted by atomic mass is 16.5. The molecule has 4 heteroatoms. The van der Waals surface area contributed by atoms with Gasteiger partial charge >= 0.3 is 5.97 Å². The summed E-state index contributed by atoms with van der Waals surface area (Å²) in [7, 11) is 0. The third kappa shape index (κ3) is 4.31. The molecular formula is C14H25NO3. The van der Waals surface area contributed by atoms with E-state index in [1.54, 1.807) is 4.90 Å². The fraction of sp³-hybridized carbons (Fsp3) is 0.857. The molecule has 4 nitrogen and oxygen atoms in total. The Hall–Kier alpha value is -1.06. The first-order valence-corrected chi connectivity index (χ1v) is 7.16. The molecule has 1 aliphatic rings. The summed E-state index contributed by atoms with van der Waals surface area (Å²) in [4.78, 5) is 25.6. The van der Waals surface area contributed by atoms with E-state index < -0.39 is 0 Å². The minimum Gasteiger partial charge on any atom is -0.464 e. The number of hydrogen-bond acceptors (Lipinski definition) is 3. The molecule has 1 amide bonds. The number of unbranched alkanes of at least 4 members (excludes halogenated alkanes) is 2. The molecule has 0 aromatic rings. The van der Waals surface area contributed by atoms with Gasteiger partial charge in [-0.15, -0.1) is 0 Å². The standard InChI is InChI=1S/C14H25NO3/c1-3-5-9-13(16)15-10-7-8-12(15)14(17)18-11-6-4-2/h12H,3-11H2,1-2H3. The SMILES string of the molecule is CCCCOC(=O)C1CCCN1C(=O)CCCC. The van der Waals surface area contributed by atoms with Gasteiger partial charge in [0.2, 0.25) is 5.91 Å². The Morgan fingerprint density at radius 3 is 2.61 bits per heavy atom. The number of likely N-dealkylation sites (tertiary alicyclic amines) is 1. The molecule has 0 N–H and O–H groups in total. The molecule has 0 aromatic carbocycles. The third-order valence-electron chi connectivity index (χ3n) is 3.33. The summed E-state index contributed by atoms with van der Waals surface area (Å²) in [5.74, 6) is -0.113. The van der Waals surface area contributed by atoms with Crippen molar-refractivity contribution in [1.29, 1.82) is 0 Å². The molecule has 1 fully saturated rings. The molecule has 0 bridgehead atoms. The highest BCUT2D eigenvalue weighted by Crippen LogP contribution is 2.20. The van der Waals surface area contributed by atoms with Crippen LogP contribution < -0.4 is 0 Å². The average Bonchev–Trinajstić information content (AvgIpc) is 2.85. The maximum Gasteiger partial charge on any atom is 0.328 e. The van der Waals surface area contributed by atoms with E-state index in [2.05, 4.69) is 13.8 Å². The Balaban J connectivity index is 2.43. The molecule has 18 heavy (non-hydrogen) atoms. The monoisotopic (exact) mass is 255 g/mol. The van der Waals surface area contributed by atoms with Gasteiger partial charge in [0.25, 0.3) is 0 Å². The van der Waals surface area contributed by atoms with Crippen molar-refractivity contribution in [2.24, 2.45) is 0 Å². The van der Waals surface area contributed by atoms with Crippen LogP contribution in [0.25, 0.3) is 0 Å². The van der Waals surface area contributed by atoms with E-state index in [0.29, 0.717) is 19.6 Å². The van der Waals surface area contributed by atoms with Crippen LogP contribution in [-0.2, 0) is 14.3 Å². The minimum atomic E-state index is -0.328. The molecule has 0 spiro atoms. The molecule has 0 aromatic heterocycles. The molecule has 0 radical (unpaired) electrons. The average molecular weight is 255 g/mol. The first-order chi connectivity index (χ1) is 8.70. The van der Waals surface area contributed by atoms with E-state index in [1.165, 1.54) is 0 Å². The number of hydrogen-bond donors (Lipinski definition) is 0. The van der Waals surface area contributed by atoms with E-state index in [0.717, 1.165) is 38.5 Å². The van der Waals surface area contributed by atoms with Gasteiger partial charge in [-0.3, -0.25) is 4.79 Å². The Labute approximate surface area is 110 Å². The van der Waals surface area contributed by atoms with E-state index in [-0.39, 0.29) is 17.9 Å². The van der Waals surface area contributed by atoms with Crippen molar-refractivity contribution in [3.8, 4) is 0 Å². The van der Waals surface area contributed by atoms with Crippen LogP contribution in [0.1, 0.15) is 58.8 Å². The number of carbonyl (C=O) groups excluding carboxylic acids is 2. The van der Waals surface area contributed by atoms with Crippen LogP contribution in [0.15, 0.2) is 0 Å². The summed E-state index contributed by atoms with van der Waals surface area (Å²) < 4.78 is 5.22. The Morgan fingerprint density at radius 2 is 1.94 bits per heavy atom. The van der Waals surface area contributed by atoms with Gasteiger partial charge in [0.1, 0.15) is 6.04 Å². The Kier molecular flexibility index (Phi) is 6.76.